The molecule has 3 aromatic rings. The zero-order chi connectivity index (χ0) is 25.1. The van der Waals surface area contributed by atoms with E-state index in [-0.39, 0.29) is 12.1 Å². The number of aromatic nitrogens is 3. The van der Waals surface area contributed by atoms with Crippen LogP contribution in [0.25, 0.3) is 10.9 Å². The lowest BCUT2D eigenvalue weighted by molar-refractivity contribution is 0.00865. The van der Waals surface area contributed by atoms with Crippen LogP contribution in [0.4, 0.5) is 4.79 Å². The summed E-state index contributed by atoms with van der Waals surface area (Å²) in [5.74, 6) is 0.705. The number of piperidine rings is 1. The summed E-state index contributed by atoms with van der Waals surface area (Å²) < 4.78 is 19.7. The highest BCUT2D eigenvalue weighted by atomic mass is 16.6. The SMILES string of the molecule is CC(C)(C)OC(=O)N1CCCCC1c1ncccc1OCc1ccc2cnn(C3CCOCC3)c2c1. The van der Waals surface area contributed by atoms with Gasteiger partial charge in [0.15, 0.2) is 0 Å². The summed E-state index contributed by atoms with van der Waals surface area (Å²) in [6, 6.07) is 10.4. The number of likely N-dealkylation sites (tertiary alicyclic amines) is 1. The van der Waals surface area contributed by atoms with Crippen molar-refractivity contribution in [1.82, 2.24) is 19.7 Å². The molecule has 0 bridgehead atoms. The maximum atomic E-state index is 13.0. The first-order chi connectivity index (χ1) is 17.4. The highest BCUT2D eigenvalue weighted by Gasteiger charge is 2.34. The van der Waals surface area contributed by atoms with Gasteiger partial charge in [0.1, 0.15) is 23.7 Å². The smallest absolute Gasteiger partial charge is 0.410 e. The molecule has 1 atom stereocenters. The Labute approximate surface area is 212 Å². The standard InChI is InChI=1S/C28H36N4O4/c1-28(2,3)36-27(33)31-14-5-4-7-23(31)26-25(8-6-13-29-26)35-19-20-9-10-21-18-30-32(24(21)17-20)22-11-15-34-16-12-22/h6,8-10,13,17-18,22-23H,4-5,7,11-12,14-16,19H2,1-3H3. The molecule has 8 nitrogen and oxygen atoms in total. The average Bonchev–Trinajstić information content (AvgIpc) is 3.30. The van der Waals surface area contributed by atoms with Gasteiger partial charge in [-0.1, -0.05) is 12.1 Å². The second-order valence-corrected chi connectivity index (χ2v) is 10.7. The van der Waals surface area contributed by atoms with E-state index in [1.54, 1.807) is 6.20 Å². The molecule has 4 heterocycles. The monoisotopic (exact) mass is 492 g/mol. The Morgan fingerprint density at radius 2 is 1.97 bits per heavy atom. The minimum absolute atomic E-state index is 0.165. The second kappa shape index (κ2) is 10.5. The van der Waals surface area contributed by atoms with Gasteiger partial charge in [-0.3, -0.25) is 14.6 Å². The number of nitrogens with zero attached hydrogens (tertiary/aromatic N) is 4. The van der Waals surface area contributed by atoms with Crippen LogP contribution in [0.2, 0.25) is 0 Å². The Kier molecular flexibility index (Phi) is 7.14. The predicted octanol–water partition coefficient (Wildman–Crippen LogP) is 5.82. The molecule has 192 valence electrons. The quantitative estimate of drug-likeness (QED) is 0.446. The minimum Gasteiger partial charge on any atom is -0.487 e. The maximum Gasteiger partial charge on any atom is 0.410 e. The highest BCUT2D eigenvalue weighted by Crippen LogP contribution is 2.36. The van der Waals surface area contributed by atoms with E-state index in [4.69, 9.17) is 14.2 Å². The number of benzene rings is 1. The molecule has 8 heteroatoms. The Bertz CT molecular complexity index is 1200. The van der Waals surface area contributed by atoms with Gasteiger partial charge in [0.2, 0.25) is 0 Å². The fourth-order valence-electron chi connectivity index (χ4n) is 5.08. The molecule has 0 aliphatic carbocycles. The molecule has 0 N–H and O–H groups in total. The summed E-state index contributed by atoms with van der Waals surface area (Å²) in [6.07, 6.45) is 8.19. The number of carbonyl (C=O) groups excluding carboxylic acids is 1. The van der Waals surface area contributed by atoms with Crippen molar-refractivity contribution >= 4 is 17.0 Å². The van der Waals surface area contributed by atoms with Gasteiger partial charge < -0.3 is 14.2 Å². The van der Waals surface area contributed by atoms with E-state index in [9.17, 15) is 4.79 Å². The summed E-state index contributed by atoms with van der Waals surface area (Å²) >= 11 is 0. The minimum atomic E-state index is -0.543. The number of carbonyl (C=O) groups is 1. The highest BCUT2D eigenvalue weighted by molar-refractivity contribution is 5.79. The molecule has 1 unspecified atom stereocenters. The van der Waals surface area contributed by atoms with Crippen LogP contribution in [-0.4, -0.2) is 51.1 Å². The van der Waals surface area contributed by atoms with Crippen molar-refractivity contribution in [3.05, 3.63) is 54.0 Å². The van der Waals surface area contributed by atoms with Crippen LogP contribution in [-0.2, 0) is 16.1 Å². The fourth-order valence-corrected chi connectivity index (χ4v) is 5.08. The lowest BCUT2D eigenvalue weighted by Gasteiger charge is -2.36. The summed E-state index contributed by atoms with van der Waals surface area (Å²) in [5, 5.41) is 5.79. The van der Waals surface area contributed by atoms with Crippen LogP contribution in [0.1, 0.15) is 76.2 Å². The van der Waals surface area contributed by atoms with E-state index >= 15 is 0 Å². The van der Waals surface area contributed by atoms with Gasteiger partial charge in [-0.05, 0) is 76.6 Å². The van der Waals surface area contributed by atoms with Crippen molar-refractivity contribution in [3.63, 3.8) is 0 Å². The van der Waals surface area contributed by atoms with Gasteiger partial charge in [0.25, 0.3) is 0 Å². The molecule has 1 amide bonds. The van der Waals surface area contributed by atoms with Crippen LogP contribution < -0.4 is 4.74 Å². The van der Waals surface area contributed by atoms with Crippen LogP contribution in [0.5, 0.6) is 5.75 Å². The zero-order valence-corrected chi connectivity index (χ0v) is 21.5. The predicted molar refractivity (Wildman–Crippen MR) is 137 cm³/mol. The molecule has 2 fully saturated rings. The van der Waals surface area contributed by atoms with Crippen molar-refractivity contribution in [2.45, 2.75) is 77.2 Å². The van der Waals surface area contributed by atoms with Crippen LogP contribution in [0.3, 0.4) is 0 Å². The second-order valence-electron chi connectivity index (χ2n) is 10.7. The number of hydrogen-bond acceptors (Lipinski definition) is 6. The van der Waals surface area contributed by atoms with Crippen LogP contribution in [0, 0.1) is 0 Å². The Morgan fingerprint density at radius 1 is 1.14 bits per heavy atom. The number of fused-ring (bicyclic) bond motifs is 1. The van der Waals surface area contributed by atoms with Gasteiger partial charge in [0, 0.05) is 31.3 Å². The molecule has 5 rings (SSSR count). The normalized spacial score (nSPS) is 19.4. The van der Waals surface area contributed by atoms with Gasteiger partial charge in [-0.25, -0.2) is 4.79 Å². The van der Waals surface area contributed by atoms with Gasteiger partial charge in [-0.15, -0.1) is 0 Å². The maximum absolute atomic E-state index is 13.0. The lowest BCUT2D eigenvalue weighted by atomic mass is 9.98. The van der Waals surface area contributed by atoms with Gasteiger partial charge >= 0.3 is 6.09 Å². The van der Waals surface area contributed by atoms with Crippen molar-refractivity contribution in [3.8, 4) is 5.75 Å². The zero-order valence-electron chi connectivity index (χ0n) is 21.5. The molecule has 0 saturated carbocycles. The first-order valence-corrected chi connectivity index (χ1v) is 13.0. The Morgan fingerprint density at radius 3 is 2.78 bits per heavy atom. The molecule has 2 aliphatic heterocycles. The molecule has 2 saturated heterocycles. The molecule has 0 radical (unpaired) electrons. The largest absolute Gasteiger partial charge is 0.487 e. The van der Waals surface area contributed by atoms with E-state index in [1.807, 2.05) is 44.0 Å². The number of ether oxygens (including phenoxy) is 3. The van der Waals surface area contributed by atoms with Crippen LogP contribution >= 0.6 is 0 Å². The van der Waals surface area contributed by atoms with Gasteiger partial charge in [-0.2, -0.15) is 5.10 Å². The van der Waals surface area contributed by atoms with E-state index in [0.29, 0.717) is 24.9 Å². The third-order valence-corrected chi connectivity index (χ3v) is 6.84. The lowest BCUT2D eigenvalue weighted by Crippen LogP contribution is -2.42. The molecule has 36 heavy (non-hydrogen) atoms. The first kappa shape index (κ1) is 24.6. The summed E-state index contributed by atoms with van der Waals surface area (Å²) in [6.45, 7) is 8.30. The Hall–Kier alpha value is -3.13. The van der Waals surface area contributed by atoms with E-state index < -0.39 is 5.60 Å². The molecule has 2 aliphatic rings. The van der Waals surface area contributed by atoms with Crippen molar-refractivity contribution in [2.24, 2.45) is 0 Å². The van der Waals surface area contributed by atoms with Crippen LogP contribution in [0.15, 0.2) is 42.7 Å². The number of pyridine rings is 1. The molecule has 0 spiro atoms. The van der Waals surface area contributed by atoms with E-state index in [0.717, 1.165) is 67.5 Å². The number of hydrogen-bond donors (Lipinski definition) is 0. The first-order valence-electron chi connectivity index (χ1n) is 13.0. The topological polar surface area (TPSA) is 78.7 Å². The number of rotatable bonds is 5. The van der Waals surface area contributed by atoms with Crippen molar-refractivity contribution in [2.75, 3.05) is 19.8 Å². The fraction of sp³-hybridized carbons (Fsp3) is 0.536. The Balaban J connectivity index is 1.35. The summed E-state index contributed by atoms with van der Waals surface area (Å²) in [4.78, 5) is 19.4. The van der Waals surface area contributed by atoms with Gasteiger partial charge in [0.05, 0.1) is 23.8 Å². The van der Waals surface area contributed by atoms with Crippen molar-refractivity contribution in [1.29, 1.82) is 0 Å². The third kappa shape index (κ3) is 5.48. The molecular weight excluding hydrogens is 456 g/mol. The molecule has 2 aromatic heterocycles. The van der Waals surface area contributed by atoms with E-state index in [2.05, 4.69) is 33.0 Å². The van der Waals surface area contributed by atoms with E-state index in [1.165, 1.54) is 0 Å². The third-order valence-electron chi connectivity index (χ3n) is 6.84. The molecule has 1 aromatic carbocycles. The van der Waals surface area contributed by atoms with Crippen molar-refractivity contribution < 1.29 is 19.0 Å². The molecular formula is C28H36N4O4. The average molecular weight is 493 g/mol. The summed E-state index contributed by atoms with van der Waals surface area (Å²) in [7, 11) is 0. The summed E-state index contributed by atoms with van der Waals surface area (Å²) in [5.41, 5.74) is 2.44. The number of amides is 1.